The first-order valence-corrected chi connectivity index (χ1v) is 4.96. The van der Waals surface area contributed by atoms with Crippen LogP contribution in [0.1, 0.15) is 16.1 Å². The second-order valence-corrected chi connectivity index (χ2v) is 3.49. The number of rotatable bonds is 2. The van der Waals surface area contributed by atoms with Gasteiger partial charge in [-0.05, 0) is 23.1 Å². The molecule has 0 radical (unpaired) electrons. The number of pyridine rings is 1. The van der Waals surface area contributed by atoms with Crippen molar-refractivity contribution in [3.63, 3.8) is 0 Å². The van der Waals surface area contributed by atoms with Gasteiger partial charge >= 0.3 is 0 Å². The summed E-state index contributed by atoms with van der Waals surface area (Å²) in [6.07, 6.45) is 1.64. The third kappa shape index (κ3) is 1.87. The molecule has 2 N–H and O–H groups in total. The van der Waals surface area contributed by atoms with Crippen LogP contribution in [0.25, 0.3) is 10.8 Å². The molecule has 82 valence electrons. The molecular weight excluding hydrogens is 204 g/mol. The Balaban J connectivity index is 2.51. The minimum Gasteiger partial charge on any atom is -0.392 e. The third-order valence-electron chi connectivity index (χ3n) is 2.43. The van der Waals surface area contributed by atoms with Crippen LogP contribution in [-0.4, -0.2) is 23.0 Å². The second-order valence-electron chi connectivity index (χ2n) is 3.49. The molecule has 1 amide bonds. The lowest BCUT2D eigenvalue weighted by atomic mass is 10.1. The number of hydrogen-bond acceptors (Lipinski definition) is 3. The van der Waals surface area contributed by atoms with Crippen LogP contribution >= 0.6 is 0 Å². The minimum absolute atomic E-state index is 0.00708. The van der Waals surface area contributed by atoms with E-state index in [4.69, 9.17) is 5.11 Å². The lowest BCUT2D eigenvalue weighted by Gasteiger charge is -2.03. The quantitative estimate of drug-likeness (QED) is 0.789. The van der Waals surface area contributed by atoms with Crippen LogP contribution in [0.3, 0.4) is 0 Å². The van der Waals surface area contributed by atoms with Gasteiger partial charge in [0.05, 0.1) is 6.61 Å². The molecule has 0 bridgehead atoms. The van der Waals surface area contributed by atoms with Crippen LogP contribution in [0.5, 0.6) is 0 Å². The van der Waals surface area contributed by atoms with Gasteiger partial charge in [0.1, 0.15) is 5.69 Å². The van der Waals surface area contributed by atoms with Crippen LogP contribution in [-0.2, 0) is 6.61 Å². The zero-order valence-electron chi connectivity index (χ0n) is 8.90. The van der Waals surface area contributed by atoms with Crippen LogP contribution in [0, 0.1) is 0 Å². The van der Waals surface area contributed by atoms with Crippen LogP contribution < -0.4 is 5.32 Å². The van der Waals surface area contributed by atoms with Gasteiger partial charge in [-0.25, -0.2) is 0 Å². The molecule has 0 unspecified atom stereocenters. The van der Waals surface area contributed by atoms with Crippen molar-refractivity contribution in [2.45, 2.75) is 6.61 Å². The highest BCUT2D eigenvalue weighted by Gasteiger charge is 2.05. The lowest BCUT2D eigenvalue weighted by molar-refractivity contribution is 0.0958. The van der Waals surface area contributed by atoms with E-state index in [1.54, 1.807) is 19.3 Å². The highest BCUT2D eigenvalue weighted by molar-refractivity contribution is 5.96. The average molecular weight is 216 g/mol. The molecule has 0 saturated heterocycles. The molecule has 1 aromatic heterocycles. The summed E-state index contributed by atoms with van der Waals surface area (Å²) in [5.74, 6) is -0.201. The van der Waals surface area contributed by atoms with Gasteiger partial charge in [0.15, 0.2) is 0 Å². The van der Waals surface area contributed by atoms with Crippen molar-refractivity contribution in [1.29, 1.82) is 0 Å². The molecule has 0 aliphatic rings. The van der Waals surface area contributed by atoms with Gasteiger partial charge in [-0.1, -0.05) is 12.1 Å². The molecule has 0 atom stereocenters. The fraction of sp³-hybridized carbons (Fsp3) is 0.167. The molecule has 4 nitrogen and oxygen atoms in total. The molecule has 0 saturated carbocycles. The van der Waals surface area contributed by atoms with E-state index in [2.05, 4.69) is 10.3 Å². The number of carbonyl (C=O) groups is 1. The van der Waals surface area contributed by atoms with Gasteiger partial charge in [-0.2, -0.15) is 0 Å². The molecule has 1 aromatic carbocycles. The summed E-state index contributed by atoms with van der Waals surface area (Å²) in [5, 5.41) is 13.4. The summed E-state index contributed by atoms with van der Waals surface area (Å²) in [6.45, 7) is 0.00708. The zero-order chi connectivity index (χ0) is 11.5. The van der Waals surface area contributed by atoms with Crippen LogP contribution in [0.15, 0.2) is 30.5 Å². The van der Waals surface area contributed by atoms with Gasteiger partial charge in [-0.3, -0.25) is 9.78 Å². The highest BCUT2D eigenvalue weighted by Crippen LogP contribution is 2.16. The second kappa shape index (κ2) is 4.28. The number of fused-ring (bicyclic) bond motifs is 1. The largest absolute Gasteiger partial charge is 0.392 e. The minimum atomic E-state index is -0.201. The number of hydrogen-bond donors (Lipinski definition) is 2. The SMILES string of the molecule is CNC(=O)c1cc2ccc(CO)cc2cn1. The maximum Gasteiger partial charge on any atom is 0.269 e. The standard InChI is InChI=1S/C12H12N2O2/c1-13-12(16)11-5-9-3-2-8(7-15)4-10(9)6-14-11/h2-6,15H,7H2,1H3,(H,13,16). The lowest BCUT2D eigenvalue weighted by Crippen LogP contribution is -2.18. The molecule has 0 aliphatic heterocycles. The van der Waals surface area contributed by atoms with E-state index in [-0.39, 0.29) is 12.5 Å². The van der Waals surface area contributed by atoms with E-state index in [0.717, 1.165) is 16.3 Å². The average Bonchev–Trinajstić information content (AvgIpc) is 2.36. The normalized spacial score (nSPS) is 10.4. The Morgan fingerprint density at radius 1 is 1.38 bits per heavy atom. The first-order valence-electron chi connectivity index (χ1n) is 4.96. The Hall–Kier alpha value is -1.94. The zero-order valence-corrected chi connectivity index (χ0v) is 8.90. The predicted molar refractivity (Wildman–Crippen MR) is 61.1 cm³/mol. The Morgan fingerprint density at radius 3 is 2.88 bits per heavy atom. The summed E-state index contributed by atoms with van der Waals surface area (Å²) in [4.78, 5) is 15.4. The number of carbonyl (C=O) groups excluding carboxylic acids is 1. The van der Waals surface area contributed by atoms with E-state index in [0.29, 0.717) is 5.69 Å². The Bertz CT molecular complexity index is 538. The Kier molecular flexibility index (Phi) is 2.83. The summed E-state index contributed by atoms with van der Waals surface area (Å²) in [7, 11) is 1.57. The molecule has 4 heteroatoms. The van der Waals surface area contributed by atoms with Crippen molar-refractivity contribution in [2.75, 3.05) is 7.05 Å². The number of aliphatic hydroxyl groups is 1. The fourth-order valence-corrected chi connectivity index (χ4v) is 1.54. The molecule has 16 heavy (non-hydrogen) atoms. The number of nitrogens with zero attached hydrogens (tertiary/aromatic N) is 1. The smallest absolute Gasteiger partial charge is 0.269 e. The predicted octanol–water partition coefficient (Wildman–Crippen LogP) is 1.09. The molecule has 2 rings (SSSR count). The summed E-state index contributed by atoms with van der Waals surface area (Å²) >= 11 is 0. The summed E-state index contributed by atoms with van der Waals surface area (Å²) in [5.41, 5.74) is 1.23. The van der Waals surface area contributed by atoms with Crippen molar-refractivity contribution in [1.82, 2.24) is 10.3 Å². The van der Waals surface area contributed by atoms with E-state index >= 15 is 0 Å². The van der Waals surface area contributed by atoms with Gasteiger partial charge in [0.25, 0.3) is 5.91 Å². The fourth-order valence-electron chi connectivity index (χ4n) is 1.54. The maximum absolute atomic E-state index is 11.4. The highest BCUT2D eigenvalue weighted by atomic mass is 16.3. The van der Waals surface area contributed by atoms with Crippen molar-refractivity contribution in [3.8, 4) is 0 Å². The van der Waals surface area contributed by atoms with Gasteiger partial charge < -0.3 is 10.4 Å². The Morgan fingerprint density at radius 2 is 2.19 bits per heavy atom. The monoisotopic (exact) mass is 216 g/mol. The van der Waals surface area contributed by atoms with Crippen LogP contribution in [0.4, 0.5) is 0 Å². The molecule has 0 fully saturated rings. The first-order chi connectivity index (χ1) is 7.74. The summed E-state index contributed by atoms with van der Waals surface area (Å²) < 4.78 is 0. The number of aliphatic hydroxyl groups excluding tert-OH is 1. The van der Waals surface area contributed by atoms with Gasteiger partial charge in [-0.15, -0.1) is 0 Å². The van der Waals surface area contributed by atoms with Gasteiger partial charge in [0.2, 0.25) is 0 Å². The molecule has 0 spiro atoms. The van der Waals surface area contributed by atoms with Crippen LogP contribution in [0.2, 0.25) is 0 Å². The van der Waals surface area contributed by atoms with Gasteiger partial charge in [0, 0.05) is 18.6 Å². The van der Waals surface area contributed by atoms with E-state index in [1.165, 1.54) is 0 Å². The number of amides is 1. The number of benzene rings is 1. The van der Waals surface area contributed by atoms with E-state index in [1.807, 2.05) is 18.2 Å². The molecule has 2 aromatic rings. The van der Waals surface area contributed by atoms with Crippen molar-refractivity contribution >= 4 is 16.7 Å². The molecule has 0 aliphatic carbocycles. The topological polar surface area (TPSA) is 62.2 Å². The van der Waals surface area contributed by atoms with Crippen molar-refractivity contribution in [3.05, 3.63) is 41.7 Å². The van der Waals surface area contributed by atoms with E-state index < -0.39 is 0 Å². The molecule has 1 heterocycles. The third-order valence-corrected chi connectivity index (χ3v) is 2.43. The van der Waals surface area contributed by atoms with Crippen molar-refractivity contribution in [2.24, 2.45) is 0 Å². The summed E-state index contributed by atoms with van der Waals surface area (Å²) in [6, 6.07) is 7.29. The van der Waals surface area contributed by atoms with Crippen molar-refractivity contribution < 1.29 is 9.90 Å². The van der Waals surface area contributed by atoms with E-state index in [9.17, 15) is 4.79 Å². The number of aromatic nitrogens is 1. The first kappa shape index (κ1) is 10.6. The molecular formula is C12H12N2O2. The maximum atomic E-state index is 11.4. The Labute approximate surface area is 92.9 Å². The number of nitrogens with one attached hydrogen (secondary N) is 1.